The van der Waals surface area contributed by atoms with Crippen LogP contribution >= 0.6 is 0 Å². The lowest BCUT2D eigenvalue weighted by Gasteiger charge is -1.96. The topological polar surface area (TPSA) is 55.4 Å². The number of para-hydroxylation sites is 1. The number of isocyanates is 1. The number of hydrogen-bond donors (Lipinski definition) is 1. The lowest BCUT2D eigenvalue weighted by Crippen LogP contribution is -1.94. The predicted molar refractivity (Wildman–Crippen MR) is 56.9 cm³/mol. The summed E-state index contributed by atoms with van der Waals surface area (Å²) in [5.74, 6) is 0. The summed E-state index contributed by atoms with van der Waals surface area (Å²) < 4.78 is 0. The van der Waals surface area contributed by atoms with E-state index in [9.17, 15) is 4.79 Å². The molecule has 2 N–H and O–H groups in total. The van der Waals surface area contributed by atoms with Gasteiger partial charge in [0.2, 0.25) is 6.08 Å². The van der Waals surface area contributed by atoms with Crippen molar-refractivity contribution >= 4 is 17.8 Å². The maximum absolute atomic E-state index is 10.1. The molecule has 0 heterocycles. The molecule has 0 bridgehead atoms. The zero-order valence-corrected chi connectivity index (χ0v) is 7.81. The van der Waals surface area contributed by atoms with E-state index >= 15 is 0 Å². The van der Waals surface area contributed by atoms with E-state index in [4.69, 9.17) is 5.73 Å². The van der Waals surface area contributed by atoms with Gasteiger partial charge in [-0.3, -0.25) is 0 Å². The first-order valence-corrected chi connectivity index (χ1v) is 4.42. The molecule has 0 unspecified atom stereocenters. The van der Waals surface area contributed by atoms with Crippen LogP contribution in [-0.2, 0) is 4.79 Å². The van der Waals surface area contributed by atoms with Gasteiger partial charge < -0.3 is 5.73 Å². The van der Waals surface area contributed by atoms with Gasteiger partial charge in [0, 0.05) is 5.56 Å². The van der Waals surface area contributed by atoms with E-state index in [1.807, 2.05) is 30.4 Å². The zero-order chi connectivity index (χ0) is 10.2. The molecular weight excluding hydrogens is 176 g/mol. The van der Waals surface area contributed by atoms with Crippen molar-refractivity contribution in [3.63, 3.8) is 0 Å². The van der Waals surface area contributed by atoms with Crippen LogP contribution in [0.15, 0.2) is 35.3 Å². The van der Waals surface area contributed by atoms with E-state index in [0.717, 1.165) is 12.0 Å². The molecule has 0 saturated carbocycles. The molecule has 72 valence electrons. The fraction of sp³-hybridized carbons (Fsp3) is 0.182. The fourth-order valence-corrected chi connectivity index (χ4v) is 1.09. The Morgan fingerprint density at radius 3 is 2.93 bits per heavy atom. The van der Waals surface area contributed by atoms with Crippen molar-refractivity contribution in [1.82, 2.24) is 0 Å². The first-order valence-electron chi connectivity index (χ1n) is 4.42. The van der Waals surface area contributed by atoms with Crippen LogP contribution in [0.5, 0.6) is 0 Å². The molecule has 1 aromatic carbocycles. The molecule has 0 amide bonds. The highest BCUT2D eigenvalue weighted by molar-refractivity contribution is 5.66. The SMILES string of the molecule is NCCC=Cc1ccccc1N=C=O. The van der Waals surface area contributed by atoms with Gasteiger partial charge in [-0.2, -0.15) is 4.99 Å². The summed E-state index contributed by atoms with van der Waals surface area (Å²) >= 11 is 0. The Morgan fingerprint density at radius 1 is 1.43 bits per heavy atom. The van der Waals surface area contributed by atoms with Gasteiger partial charge in [-0.25, -0.2) is 4.79 Å². The highest BCUT2D eigenvalue weighted by atomic mass is 16.1. The number of carbonyl (C=O) groups excluding carboxylic acids is 1. The van der Waals surface area contributed by atoms with Crippen LogP contribution in [-0.4, -0.2) is 12.6 Å². The summed E-state index contributed by atoms with van der Waals surface area (Å²) in [4.78, 5) is 13.7. The smallest absolute Gasteiger partial charge is 0.240 e. The van der Waals surface area contributed by atoms with Crippen molar-refractivity contribution in [1.29, 1.82) is 0 Å². The van der Waals surface area contributed by atoms with E-state index in [2.05, 4.69) is 4.99 Å². The molecule has 0 aliphatic heterocycles. The predicted octanol–water partition coefficient (Wildman–Crippen LogP) is 2.02. The normalized spacial score (nSPS) is 10.1. The third-order valence-electron chi connectivity index (χ3n) is 1.73. The average Bonchev–Trinajstić information content (AvgIpc) is 2.21. The van der Waals surface area contributed by atoms with Crippen LogP contribution in [0.4, 0.5) is 5.69 Å². The standard InChI is InChI=1S/C11H12N2O/c12-8-4-3-6-10-5-1-2-7-11(10)13-9-14/h1-3,5-7H,4,8,12H2. The van der Waals surface area contributed by atoms with Crippen LogP contribution in [0.3, 0.4) is 0 Å². The molecule has 0 aliphatic carbocycles. The van der Waals surface area contributed by atoms with E-state index in [1.165, 1.54) is 6.08 Å². The van der Waals surface area contributed by atoms with Gasteiger partial charge in [-0.1, -0.05) is 30.4 Å². The van der Waals surface area contributed by atoms with Crippen molar-refractivity contribution < 1.29 is 4.79 Å². The summed E-state index contributed by atoms with van der Waals surface area (Å²) in [5, 5.41) is 0. The van der Waals surface area contributed by atoms with Gasteiger partial charge in [0.05, 0.1) is 5.69 Å². The largest absolute Gasteiger partial charge is 0.330 e. The first kappa shape index (κ1) is 10.4. The molecule has 14 heavy (non-hydrogen) atoms. The van der Waals surface area contributed by atoms with Gasteiger partial charge in [-0.05, 0) is 19.0 Å². The zero-order valence-electron chi connectivity index (χ0n) is 7.81. The number of aliphatic imine (C=N–C) groups is 1. The van der Waals surface area contributed by atoms with Crippen LogP contribution in [0.1, 0.15) is 12.0 Å². The third-order valence-corrected chi connectivity index (χ3v) is 1.73. The second kappa shape index (κ2) is 5.86. The van der Waals surface area contributed by atoms with Crippen molar-refractivity contribution in [2.75, 3.05) is 6.54 Å². The molecule has 3 nitrogen and oxygen atoms in total. The first-order chi connectivity index (χ1) is 6.88. The Labute approximate surface area is 83.0 Å². The second-order valence-corrected chi connectivity index (χ2v) is 2.74. The van der Waals surface area contributed by atoms with E-state index in [1.54, 1.807) is 6.07 Å². The van der Waals surface area contributed by atoms with Gasteiger partial charge in [0.25, 0.3) is 0 Å². The highest BCUT2D eigenvalue weighted by Gasteiger charge is 1.94. The quantitative estimate of drug-likeness (QED) is 0.580. The number of rotatable bonds is 4. The number of nitrogens with two attached hydrogens (primary N) is 1. The molecule has 1 aromatic rings. The molecule has 1 rings (SSSR count). The minimum absolute atomic E-state index is 0.621. The van der Waals surface area contributed by atoms with Gasteiger partial charge in [0.1, 0.15) is 0 Å². The van der Waals surface area contributed by atoms with Crippen molar-refractivity contribution in [2.24, 2.45) is 10.7 Å². The average molecular weight is 188 g/mol. The fourth-order valence-electron chi connectivity index (χ4n) is 1.09. The Hall–Kier alpha value is -1.70. The van der Waals surface area contributed by atoms with Crippen molar-refractivity contribution in [3.05, 3.63) is 35.9 Å². The Kier molecular flexibility index (Phi) is 4.35. The van der Waals surface area contributed by atoms with E-state index in [0.29, 0.717) is 12.2 Å². The Bertz CT molecular complexity index is 365. The molecule has 0 atom stereocenters. The van der Waals surface area contributed by atoms with Gasteiger partial charge in [-0.15, -0.1) is 0 Å². The summed E-state index contributed by atoms with van der Waals surface area (Å²) in [6.07, 6.45) is 6.21. The molecule has 3 heteroatoms. The number of benzene rings is 1. The molecular formula is C11H12N2O. The molecule has 0 aromatic heterocycles. The number of nitrogens with zero attached hydrogens (tertiary/aromatic N) is 1. The summed E-state index contributed by atoms with van der Waals surface area (Å²) in [6, 6.07) is 7.39. The molecule has 0 fully saturated rings. The Morgan fingerprint density at radius 2 is 2.21 bits per heavy atom. The summed E-state index contributed by atoms with van der Waals surface area (Å²) in [7, 11) is 0. The maximum Gasteiger partial charge on any atom is 0.240 e. The third kappa shape index (κ3) is 2.98. The maximum atomic E-state index is 10.1. The Balaban J connectivity index is 2.89. The molecule has 0 saturated heterocycles. The number of hydrogen-bond acceptors (Lipinski definition) is 3. The lowest BCUT2D eigenvalue weighted by molar-refractivity contribution is 0.565. The van der Waals surface area contributed by atoms with E-state index < -0.39 is 0 Å². The summed E-state index contributed by atoms with van der Waals surface area (Å²) in [5.41, 5.74) is 6.89. The monoisotopic (exact) mass is 188 g/mol. The van der Waals surface area contributed by atoms with Gasteiger partial charge >= 0.3 is 0 Å². The van der Waals surface area contributed by atoms with Crippen LogP contribution in [0.25, 0.3) is 6.08 Å². The molecule has 0 radical (unpaired) electrons. The second-order valence-electron chi connectivity index (χ2n) is 2.74. The highest BCUT2D eigenvalue weighted by Crippen LogP contribution is 2.19. The van der Waals surface area contributed by atoms with Crippen LogP contribution in [0, 0.1) is 0 Å². The van der Waals surface area contributed by atoms with Gasteiger partial charge in [0.15, 0.2) is 0 Å². The lowest BCUT2D eigenvalue weighted by atomic mass is 10.1. The molecule has 0 aliphatic rings. The van der Waals surface area contributed by atoms with Crippen LogP contribution < -0.4 is 5.73 Å². The van der Waals surface area contributed by atoms with Crippen molar-refractivity contribution in [3.8, 4) is 0 Å². The minimum atomic E-state index is 0.621. The summed E-state index contributed by atoms with van der Waals surface area (Å²) in [6.45, 7) is 0.621. The van der Waals surface area contributed by atoms with E-state index in [-0.39, 0.29) is 0 Å². The van der Waals surface area contributed by atoms with Crippen molar-refractivity contribution in [2.45, 2.75) is 6.42 Å². The van der Waals surface area contributed by atoms with Crippen LogP contribution in [0.2, 0.25) is 0 Å². The molecule has 0 spiro atoms. The minimum Gasteiger partial charge on any atom is -0.330 e.